The van der Waals surface area contributed by atoms with Crippen molar-refractivity contribution in [3.63, 3.8) is 0 Å². The Bertz CT molecular complexity index is 234. The van der Waals surface area contributed by atoms with Gasteiger partial charge in [0.2, 0.25) is 0 Å². The molecule has 0 aliphatic rings. The van der Waals surface area contributed by atoms with Gasteiger partial charge in [-0.15, -0.1) is 0 Å². The molecule has 0 spiro atoms. The molecule has 0 unspecified atom stereocenters. The number of halogens is 2. The largest absolute Gasteiger partial charge is 0.460 e. The maximum Gasteiger partial charge on any atom is 0.302 e. The molecular weight excluding hydrogens is 320 g/mol. The second kappa shape index (κ2) is 7.00. The van der Waals surface area contributed by atoms with Gasteiger partial charge in [-0.1, -0.05) is 31.9 Å². The van der Waals surface area contributed by atoms with Crippen molar-refractivity contribution in [2.45, 2.75) is 13.8 Å². The molecular formula is C8H10Br2O4. The topological polar surface area (TPSA) is 52.6 Å². The van der Waals surface area contributed by atoms with Gasteiger partial charge in [-0.2, -0.15) is 0 Å². The third-order valence-electron chi connectivity index (χ3n) is 1.10. The lowest BCUT2D eigenvalue weighted by Gasteiger charge is -2.05. The molecule has 0 aromatic carbocycles. The summed E-state index contributed by atoms with van der Waals surface area (Å²) in [4.78, 5) is 20.9. The Morgan fingerprint density at radius 3 is 1.43 bits per heavy atom. The fourth-order valence-corrected chi connectivity index (χ4v) is 0.944. The smallest absolute Gasteiger partial charge is 0.302 e. The minimum atomic E-state index is -0.366. The molecule has 0 aromatic heterocycles. The Labute approximate surface area is 98.9 Å². The predicted molar refractivity (Wildman–Crippen MR) is 58.1 cm³/mol. The van der Waals surface area contributed by atoms with E-state index in [0.717, 1.165) is 0 Å². The van der Waals surface area contributed by atoms with Crippen LogP contribution in [-0.2, 0) is 19.1 Å². The zero-order chi connectivity index (χ0) is 11.1. The standard InChI is InChI=1S/C8H10Br2O4/c1-5(11)13-3-7(9)8(10)4-14-6(2)12/h3-4H2,1-2H3/b8-7+. The highest BCUT2D eigenvalue weighted by atomic mass is 79.9. The first-order valence-electron chi connectivity index (χ1n) is 3.73. The summed E-state index contributed by atoms with van der Waals surface area (Å²) >= 11 is 6.37. The summed E-state index contributed by atoms with van der Waals surface area (Å²) in [7, 11) is 0. The fourth-order valence-electron chi connectivity index (χ4n) is 0.487. The molecule has 80 valence electrons. The monoisotopic (exact) mass is 328 g/mol. The molecule has 0 aliphatic heterocycles. The first-order chi connectivity index (χ1) is 6.43. The minimum Gasteiger partial charge on any atom is -0.460 e. The highest BCUT2D eigenvalue weighted by molar-refractivity contribution is 9.14. The summed E-state index contributed by atoms with van der Waals surface area (Å²) in [6.07, 6.45) is 0. The van der Waals surface area contributed by atoms with Crippen LogP contribution in [0.4, 0.5) is 0 Å². The molecule has 0 aliphatic carbocycles. The van der Waals surface area contributed by atoms with Crippen molar-refractivity contribution in [3.05, 3.63) is 8.96 Å². The number of rotatable bonds is 4. The molecule has 0 rings (SSSR count). The molecule has 14 heavy (non-hydrogen) atoms. The second-order valence-corrected chi connectivity index (χ2v) is 4.28. The first-order valence-corrected chi connectivity index (χ1v) is 5.31. The zero-order valence-corrected chi connectivity index (χ0v) is 11.0. The van der Waals surface area contributed by atoms with Crippen molar-refractivity contribution >= 4 is 43.8 Å². The maximum absolute atomic E-state index is 10.5. The van der Waals surface area contributed by atoms with E-state index in [4.69, 9.17) is 9.47 Å². The molecule has 0 saturated carbocycles. The van der Waals surface area contributed by atoms with Gasteiger partial charge in [-0.25, -0.2) is 0 Å². The van der Waals surface area contributed by atoms with Crippen molar-refractivity contribution in [2.75, 3.05) is 13.2 Å². The lowest BCUT2D eigenvalue weighted by molar-refractivity contribution is -0.141. The number of hydrogen-bond acceptors (Lipinski definition) is 4. The van der Waals surface area contributed by atoms with Crippen molar-refractivity contribution in [1.29, 1.82) is 0 Å². The van der Waals surface area contributed by atoms with Gasteiger partial charge in [0, 0.05) is 22.8 Å². The lowest BCUT2D eigenvalue weighted by Crippen LogP contribution is -2.05. The van der Waals surface area contributed by atoms with Crippen molar-refractivity contribution in [1.82, 2.24) is 0 Å². The summed E-state index contributed by atoms with van der Waals surface area (Å²) in [5.41, 5.74) is 0. The third-order valence-corrected chi connectivity index (χ3v) is 3.05. The van der Waals surface area contributed by atoms with Gasteiger partial charge < -0.3 is 9.47 Å². The lowest BCUT2D eigenvalue weighted by atomic mass is 10.5. The highest BCUT2D eigenvalue weighted by Crippen LogP contribution is 2.18. The van der Waals surface area contributed by atoms with Crippen molar-refractivity contribution in [2.24, 2.45) is 0 Å². The summed E-state index contributed by atoms with van der Waals surface area (Å²) in [6, 6.07) is 0. The molecule has 0 bridgehead atoms. The van der Waals surface area contributed by atoms with Gasteiger partial charge >= 0.3 is 11.9 Å². The van der Waals surface area contributed by atoms with Crippen LogP contribution in [0, 0.1) is 0 Å². The van der Waals surface area contributed by atoms with Crippen molar-refractivity contribution in [3.8, 4) is 0 Å². The van der Waals surface area contributed by atoms with Crippen LogP contribution in [0.25, 0.3) is 0 Å². The van der Waals surface area contributed by atoms with Gasteiger partial charge in [-0.3, -0.25) is 9.59 Å². The van der Waals surface area contributed by atoms with Gasteiger partial charge in [-0.05, 0) is 0 Å². The van der Waals surface area contributed by atoms with Gasteiger partial charge in [0.1, 0.15) is 13.2 Å². The average Bonchev–Trinajstić information content (AvgIpc) is 2.09. The average molecular weight is 330 g/mol. The highest BCUT2D eigenvalue weighted by Gasteiger charge is 2.04. The van der Waals surface area contributed by atoms with Crippen LogP contribution in [0.3, 0.4) is 0 Å². The van der Waals surface area contributed by atoms with E-state index in [0.29, 0.717) is 8.96 Å². The van der Waals surface area contributed by atoms with E-state index < -0.39 is 0 Å². The molecule has 4 nitrogen and oxygen atoms in total. The van der Waals surface area contributed by atoms with E-state index in [9.17, 15) is 9.59 Å². The number of carbonyl (C=O) groups excluding carboxylic acids is 2. The zero-order valence-electron chi connectivity index (χ0n) is 7.80. The van der Waals surface area contributed by atoms with Crippen LogP contribution in [0.2, 0.25) is 0 Å². The van der Waals surface area contributed by atoms with E-state index in [-0.39, 0.29) is 25.2 Å². The van der Waals surface area contributed by atoms with E-state index in [1.54, 1.807) is 0 Å². The number of carbonyl (C=O) groups is 2. The Hall–Kier alpha value is -0.360. The second-order valence-electron chi connectivity index (χ2n) is 2.37. The van der Waals surface area contributed by atoms with Gasteiger partial charge in [0.15, 0.2) is 0 Å². The predicted octanol–water partition coefficient (Wildman–Crippen LogP) is 2.11. The van der Waals surface area contributed by atoms with E-state index in [1.807, 2.05) is 0 Å². The Morgan fingerprint density at radius 2 is 1.21 bits per heavy atom. The molecule has 6 heteroatoms. The summed E-state index contributed by atoms with van der Waals surface area (Å²) < 4.78 is 10.7. The van der Waals surface area contributed by atoms with Crippen LogP contribution in [0.1, 0.15) is 13.8 Å². The normalized spacial score (nSPS) is 11.7. The van der Waals surface area contributed by atoms with E-state index in [2.05, 4.69) is 31.9 Å². The van der Waals surface area contributed by atoms with E-state index >= 15 is 0 Å². The Kier molecular flexibility index (Phi) is 6.82. The van der Waals surface area contributed by atoms with E-state index in [1.165, 1.54) is 13.8 Å². The van der Waals surface area contributed by atoms with Crippen LogP contribution in [0.5, 0.6) is 0 Å². The third kappa shape index (κ3) is 7.08. The minimum absolute atomic E-state index is 0.122. The summed E-state index contributed by atoms with van der Waals surface area (Å²) in [5, 5.41) is 0. The molecule has 0 aromatic rings. The molecule has 0 radical (unpaired) electrons. The summed E-state index contributed by atoms with van der Waals surface area (Å²) in [6.45, 7) is 2.88. The molecule has 0 N–H and O–H groups in total. The number of hydrogen-bond donors (Lipinski definition) is 0. The first kappa shape index (κ1) is 13.6. The van der Waals surface area contributed by atoms with Gasteiger partial charge in [0.25, 0.3) is 0 Å². The number of ether oxygens (including phenoxy) is 2. The van der Waals surface area contributed by atoms with Crippen molar-refractivity contribution < 1.29 is 19.1 Å². The van der Waals surface area contributed by atoms with Crippen LogP contribution >= 0.6 is 31.9 Å². The molecule has 0 amide bonds. The molecule has 0 fully saturated rings. The molecule has 0 saturated heterocycles. The van der Waals surface area contributed by atoms with Crippen LogP contribution in [-0.4, -0.2) is 25.2 Å². The fraction of sp³-hybridized carbons (Fsp3) is 0.500. The number of esters is 2. The Balaban J connectivity index is 4.01. The molecule has 0 heterocycles. The SMILES string of the molecule is CC(=O)OC/C(Br)=C(\Br)COC(C)=O. The van der Waals surface area contributed by atoms with Crippen LogP contribution < -0.4 is 0 Å². The van der Waals surface area contributed by atoms with Gasteiger partial charge in [0.05, 0.1) is 0 Å². The Morgan fingerprint density at radius 1 is 0.929 bits per heavy atom. The molecule has 0 atom stereocenters. The summed E-state index contributed by atoms with van der Waals surface area (Å²) in [5.74, 6) is -0.732. The van der Waals surface area contributed by atoms with Crippen LogP contribution in [0.15, 0.2) is 8.96 Å². The quantitative estimate of drug-likeness (QED) is 0.741. The maximum atomic E-state index is 10.5.